The number of aromatic nitrogens is 1. The van der Waals surface area contributed by atoms with Crippen molar-refractivity contribution in [3.8, 4) is 0 Å². The van der Waals surface area contributed by atoms with Crippen molar-refractivity contribution in [2.24, 2.45) is 7.05 Å². The molecule has 2 rings (SSSR count). The molecule has 0 aliphatic rings. The zero-order chi connectivity index (χ0) is 11.0. The predicted octanol–water partition coefficient (Wildman–Crippen LogP) is 2.32. The molecule has 0 spiro atoms. The van der Waals surface area contributed by atoms with Gasteiger partial charge in [0.1, 0.15) is 0 Å². The van der Waals surface area contributed by atoms with Gasteiger partial charge in [-0.2, -0.15) is 0 Å². The number of fused-ring (bicyclic) bond motifs is 1. The lowest BCUT2D eigenvalue weighted by Crippen LogP contribution is -2.06. The number of aldehydes is 1. The smallest absolute Gasteiger partial charge is 0.241 e. The summed E-state index contributed by atoms with van der Waals surface area (Å²) in [6.07, 6.45) is 0.335. The van der Waals surface area contributed by atoms with Crippen LogP contribution in [-0.2, 0) is 11.8 Å². The minimum atomic E-state index is -0.499. The molecular formula is C11H8BrNO2. The molecule has 0 bridgehead atoms. The van der Waals surface area contributed by atoms with Crippen LogP contribution in [0.5, 0.6) is 0 Å². The minimum absolute atomic E-state index is 0.335. The monoisotopic (exact) mass is 265 g/mol. The Morgan fingerprint density at radius 1 is 1.47 bits per heavy atom. The number of rotatable bonds is 2. The van der Waals surface area contributed by atoms with Gasteiger partial charge in [0.05, 0.1) is 11.2 Å². The van der Waals surface area contributed by atoms with Crippen molar-refractivity contribution in [1.29, 1.82) is 0 Å². The van der Waals surface area contributed by atoms with Crippen molar-refractivity contribution in [3.63, 3.8) is 0 Å². The Balaban J connectivity index is 2.81. The van der Waals surface area contributed by atoms with E-state index >= 15 is 0 Å². The quantitative estimate of drug-likeness (QED) is 0.475. The van der Waals surface area contributed by atoms with Crippen molar-refractivity contribution in [3.05, 3.63) is 34.4 Å². The zero-order valence-electron chi connectivity index (χ0n) is 8.03. The summed E-state index contributed by atoms with van der Waals surface area (Å²) >= 11 is 3.41. The van der Waals surface area contributed by atoms with Crippen LogP contribution in [0.25, 0.3) is 10.9 Å². The number of nitrogens with zero attached hydrogens (tertiary/aromatic N) is 1. The highest BCUT2D eigenvalue weighted by Gasteiger charge is 2.13. The Morgan fingerprint density at radius 3 is 2.80 bits per heavy atom. The van der Waals surface area contributed by atoms with Crippen molar-refractivity contribution < 1.29 is 9.59 Å². The molecule has 0 saturated heterocycles. The number of para-hydroxylation sites is 1. The summed E-state index contributed by atoms with van der Waals surface area (Å²) < 4.78 is 2.63. The van der Waals surface area contributed by atoms with Crippen LogP contribution in [0.15, 0.2) is 28.7 Å². The third-order valence-corrected chi connectivity index (χ3v) is 3.01. The topological polar surface area (TPSA) is 39.1 Å². The predicted molar refractivity (Wildman–Crippen MR) is 61.0 cm³/mol. The van der Waals surface area contributed by atoms with Crippen LogP contribution in [0.1, 0.15) is 10.5 Å². The Labute approximate surface area is 94.8 Å². The van der Waals surface area contributed by atoms with Gasteiger partial charge in [-0.25, -0.2) is 0 Å². The van der Waals surface area contributed by atoms with Gasteiger partial charge >= 0.3 is 0 Å². The van der Waals surface area contributed by atoms with E-state index < -0.39 is 5.78 Å². The van der Waals surface area contributed by atoms with Crippen LogP contribution < -0.4 is 0 Å². The number of carbonyl (C=O) groups excluding carboxylic acids is 2. The number of hydrogen-bond donors (Lipinski definition) is 0. The van der Waals surface area contributed by atoms with Crippen LogP contribution in [0.3, 0.4) is 0 Å². The number of hydrogen-bond acceptors (Lipinski definition) is 2. The van der Waals surface area contributed by atoms with E-state index in [0.717, 1.165) is 15.4 Å². The maximum absolute atomic E-state index is 11.3. The molecule has 0 atom stereocenters. The first-order valence-electron chi connectivity index (χ1n) is 4.38. The molecule has 4 heteroatoms. The Hall–Kier alpha value is -1.42. The Bertz CT molecular complexity index is 557. The largest absolute Gasteiger partial charge is 0.340 e. The van der Waals surface area contributed by atoms with Crippen molar-refractivity contribution >= 4 is 38.9 Å². The molecule has 0 unspecified atom stereocenters. The van der Waals surface area contributed by atoms with E-state index in [9.17, 15) is 9.59 Å². The SMILES string of the molecule is Cn1c(C(=O)C=O)cc2cccc(Br)c21. The van der Waals surface area contributed by atoms with E-state index in [4.69, 9.17) is 0 Å². The van der Waals surface area contributed by atoms with Crippen LogP contribution >= 0.6 is 15.9 Å². The second-order valence-corrected chi connectivity index (χ2v) is 4.10. The van der Waals surface area contributed by atoms with Crippen molar-refractivity contribution in [2.45, 2.75) is 0 Å². The van der Waals surface area contributed by atoms with Crippen molar-refractivity contribution in [1.82, 2.24) is 4.57 Å². The van der Waals surface area contributed by atoms with Crippen molar-refractivity contribution in [2.75, 3.05) is 0 Å². The highest BCUT2D eigenvalue weighted by molar-refractivity contribution is 9.10. The van der Waals surface area contributed by atoms with Crippen LogP contribution in [0, 0.1) is 0 Å². The molecule has 15 heavy (non-hydrogen) atoms. The molecule has 3 nitrogen and oxygen atoms in total. The summed E-state index contributed by atoms with van der Waals surface area (Å²) in [6.45, 7) is 0. The lowest BCUT2D eigenvalue weighted by atomic mass is 10.2. The first-order chi connectivity index (χ1) is 7.15. The standard InChI is InChI=1S/C11H8BrNO2/c1-13-9(10(15)6-14)5-7-3-2-4-8(12)11(7)13/h2-6H,1H3. The molecule has 1 aromatic carbocycles. The molecule has 1 heterocycles. The number of Topliss-reactive ketones (excluding diaryl/α,β-unsaturated/α-hetero) is 1. The molecule has 0 aliphatic heterocycles. The van der Waals surface area contributed by atoms with E-state index in [1.807, 2.05) is 18.2 Å². The molecule has 1 aromatic heterocycles. The maximum atomic E-state index is 11.3. The van der Waals surface area contributed by atoms with E-state index in [-0.39, 0.29) is 0 Å². The van der Waals surface area contributed by atoms with E-state index in [2.05, 4.69) is 15.9 Å². The number of ketones is 1. The molecule has 2 aromatic rings. The number of aryl methyl sites for hydroxylation is 1. The van der Waals surface area contributed by atoms with Crippen LogP contribution in [-0.4, -0.2) is 16.6 Å². The second kappa shape index (κ2) is 3.62. The molecule has 0 amide bonds. The van der Waals surface area contributed by atoms with Gasteiger partial charge < -0.3 is 4.57 Å². The number of carbonyl (C=O) groups is 2. The molecule has 0 saturated carbocycles. The average Bonchev–Trinajstić information content (AvgIpc) is 2.56. The first-order valence-corrected chi connectivity index (χ1v) is 5.18. The average molecular weight is 266 g/mol. The summed E-state index contributed by atoms with van der Waals surface area (Å²) in [4.78, 5) is 21.8. The zero-order valence-corrected chi connectivity index (χ0v) is 9.61. The second-order valence-electron chi connectivity index (χ2n) is 3.25. The van der Waals surface area contributed by atoms with Gasteiger partial charge in [0.15, 0.2) is 6.29 Å². The lowest BCUT2D eigenvalue weighted by Gasteiger charge is -2.01. The summed E-state index contributed by atoms with van der Waals surface area (Å²) in [5.41, 5.74) is 1.33. The highest BCUT2D eigenvalue weighted by atomic mass is 79.9. The number of halogens is 1. The summed E-state index contributed by atoms with van der Waals surface area (Å²) in [7, 11) is 1.77. The summed E-state index contributed by atoms with van der Waals surface area (Å²) in [5.74, 6) is -0.499. The van der Waals surface area contributed by atoms with E-state index in [0.29, 0.717) is 12.0 Å². The molecule has 0 radical (unpaired) electrons. The third-order valence-electron chi connectivity index (χ3n) is 2.37. The minimum Gasteiger partial charge on any atom is -0.340 e. The normalized spacial score (nSPS) is 10.5. The fourth-order valence-electron chi connectivity index (χ4n) is 1.66. The van der Waals surface area contributed by atoms with Gasteiger partial charge in [0.2, 0.25) is 5.78 Å². The highest BCUT2D eigenvalue weighted by Crippen LogP contribution is 2.26. The molecule has 0 fully saturated rings. The maximum Gasteiger partial charge on any atom is 0.241 e. The fraction of sp³-hybridized carbons (Fsp3) is 0.0909. The van der Waals surface area contributed by atoms with E-state index in [1.165, 1.54) is 0 Å². The summed E-state index contributed by atoms with van der Waals surface area (Å²) in [6, 6.07) is 7.41. The van der Waals surface area contributed by atoms with Gasteiger partial charge in [-0.3, -0.25) is 9.59 Å². The number of benzene rings is 1. The molecule has 76 valence electrons. The molecule has 0 aliphatic carbocycles. The Morgan fingerprint density at radius 2 is 2.20 bits per heavy atom. The van der Waals surface area contributed by atoms with Gasteiger partial charge in [-0.1, -0.05) is 12.1 Å². The Kier molecular flexibility index (Phi) is 2.44. The molecule has 0 N–H and O–H groups in total. The fourth-order valence-corrected chi connectivity index (χ4v) is 2.31. The lowest BCUT2D eigenvalue weighted by molar-refractivity contribution is -0.104. The van der Waals surface area contributed by atoms with E-state index in [1.54, 1.807) is 17.7 Å². The molecular weight excluding hydrogens is 258 g/mol. The van der Waals surface area contributed by atoms with Gasteiger partial charge in [0, 0.05) is 16.9 Å². The summed E-state index contributed by atoms with van der Waals surface area (Å²) in [5, 5.41) is 0.942. The third kappa shape index (κ3) is 1.51. The van der Waals surface area contributed by atoms with Gasteiger partial charge in [-0.05, 0) is 28.1 Å². The van der Waals surface area contributed by atoms with Crippen LogP contribution in [0.4, 0.5) is 0 Å². The first kappa shape index (κ1) is 10.1. The van der Waals surface area contributed by atoms with Crippen LogP contribution in [0.2, 0.25) is 0 Å². The van der Waals surface area contributed by atoms with Gasteiger partial charge in [-0.15, -0.1) is 0 Å². The van der Waals surface area contributed by atoms with Gasteiger partial charge in [0.25, 0.3) is 0 Å².